The average Bonchev–Trinajstić information content (AvgIpc) is 2.89. The lowest BCUT2D eigenvalue weighted by Gasteiger charge is -2.38. The first-order valence-corrected chi connectivity index (χ1v) is 9.22. The van der Waals surface area contributed by atoms with Crippen molar-refractivity contribution >= 4 is 15.5 Å². The zero-order valence-electron chi connectivity index (χ0n) is 12.5. The van der Waals surface area contributed by atoms with Crippen LogP contribution in [-0.4, -0.2) is 25.9 Å². The third kappa shape index (κ3) is 2.57. The van der Waals surface area contributed by atoms with E-state index in [2.05, 4.69) is 0 Å². The van der Waals surface area contributed by atoms with Gasteiger partial charge in [-0.3, -0.25) is 0 Å². The number of nitrogens with two attached hydrogens (primary N) is 1. The Kier molecular flexibility index (Phi) is 3.74. The van der Waals surface area contributed by atoms with Gasteiger partial charge in [0, 0.05) is 6.61 Å². The molecule has 1 saturated heterocycles. The minimum Gasteiger partial charge on any atom is -0.397 e. The molecule has 1 aromatic carbocycles. The molecule has 1 aliphatic heterocycles. The molecule has 1 atom stereocenters. The number of anilines is 1. The molecular formula is C16H23NO3S. The van der Waals surface area contributed by atoms with Crippen LogP contribution >= 0.6 is 0 Å². The van der Waals surface area contributed by atoms with Gasteiger partial charge in [0.15, 0.2) is 9.84 Å². The summed E-state index contributed by atoms with van der Waals surface area (Å²) >= 11 is 0. The topological polar surface area (TPSA) is 69.4 Å². The van der Waals surface area contributed by atoms with Crippen LogP contribution in [0.5, 0.6) is 0 Å². The highest BCUT2D eigenvalue weighted by Gasteiger charge is 2.44. The van der Waals surface area contributed by atoms with Crippen LogP contribution in [0.1, 0.15) is 44.1 Å². The summed E-state index contributed by atoms with van der Waals surface area (Å²) in [7, 11) is -3.38. The number of nitrogen functional groups attached to an aromatic ring is 1. The van der Waals surface area contributed by atoms with Gasteiger partial charge in [-0.1, -0.05) is 25.0 Å². The summed E-state index contributed by atoms with van der Waals surface area (Å²) in [5, 5.41) is -0.367. The van der Waals surface area contributed by atoms with E-state index >= 15 is 0 Å². The highest BCUT2D eigenvalue weighted by molar-refractivity contribution is 7.92. The van der Waals surface area contributed by atoms with E-state index in [1.54, 1.807) is 12.1 Å². The summed E-state index contributed by atoms with van der Waals surface area (Å²) in [5.74, 6) is 0. The summed E-state index contributed by atoms with van der Waals surface area (Å²) < 4.78 is 31.9. The Morgan fingerprint density at radius 3 is 2.71 bits per heavy atom. The van der Waals surface area contributed by atoms with Crippen LogP contribution in [0.25, 0.3) is 0 Å². The van der Waals surface area contributed by atoms with Gasteiger partial charge >= 0.3 is 0 Å². The van der Waals surface area contributed by atoms with Gasteiger partial charge in [0.2, 0.25) is 0 Å². The quantitative estimate of drug-likeness (QED) is 0.853. The Bertz CT molecular complexity index is 633. The van der Waals surface area contributed by atoms with Crippen LogP contribution in [0, 0.1) is 6.92 Å². The van der Waals surface area contributed by atoms with E-state index in [1.807, 2.05) is 13.0 Å². The van der Waals surface area contributed by atoms with Gasteiger partial charge in [0.25, 0.3) is 0 Å². The zero-order valence-corrected chi connectivity index (χ0v) is 13.3. The number of ether oxygens (including phenoxy) is 1. The fourth-order valence-electron chi connectivity index (χ4n) is 3.70. The number of rotatable bonds is 2. The Morgan fingerprint density at radius 1 is 1.29 bits per heavy atom. The minimum absolute atomic E-state index is 0.200. The Labute approximate surface area is 126 Å². The highest BCUT2D eigenvalue weighted by Crippen LogP contribution is 2.43. The van der Waals surface area contributed by atoms with Gasteiger partial charge in [-0.15, -0.1) is 0 Å². The fourth-order valence-corrected chi connectivity index (χ4v) is 5.72. The van der Waals surface area contributed by atoms with E-state index in [0.717, 1.165) is 31.2 Å². The Hall–Kier alpha value is -1.07. The van der Waals surface area contributed by atoms with E-state index in [0.29, 0.717) is 30.0 Å². The molecule has 116 valence electrons. The predicted molar refractivity (Wildman–Crippen MR) is 83.0 cm³/mol. The van der Waals surface area contributed by atoms with Gasteiger partial charge in [-0.05, 0) is 44.2 Å². The normalized spacial score (nSPS) is 25.3. The van der Waals surface area contributed by atoms with Gasteiger partial charge in [0.05, 0.1) is 21.4 Å². The number of sulfone groups is 1. The Balaban J connectivity index is 1.93. The van der Waals surface area contributed by atoms with Crippen molar-refractivity contribution in [2.75, 3.05) is 12.3 Å². The van der Waals surface area contributed by atoms with E-state index in [4.69, 9.17) is 10.5 Å². The smallest absolute Gasteiger partial charge is 0.183 e. The van der Waals surface area contributed by atoms with Crippen molar-refractivity contribution in [2.24, 2.45) is 0 Å². The second-order valence-corrected chi connectivity index (χ2v) is 8.58. The maximum atomic E-state index is 13.0. The zero-order chi connectivity index (χ0) is 15.1. The molecule has 1 spiro atoms. The second kappa shape index (κ2) is 5.29. The van der Waals surface area contributed by atoms with Crippen LogP contribution in [0.4, 0.5) is 5.69 Å². The molecule has 0 radical (unpaired) electrons. The largest absolute Gasteiger partial charge is 0.397 e. The summed E-state index contributed by atoms with van der Waals surface area (Å²) in [6.45, 7) is 2.38. The van der Waals surface area contributed by atoms with Crippen LogP contribution in [0.2, 0.25) is 0 Å². The molecule has 1 aromatic rings. The summed E-state index contributed by atoms with van der Waals surface area (Å²) in [5.41, 5.74) is 7.02. The first kappa shape index (κ1) is 14.9. The first-order chi connectivity index (χ1) is 9.95. The third-order valence-corrected chi connectivity index (χ3v) is 7.24. The Morgan fingerprint density at radius 2 is 2.00 bits per heavy atom. The van der Waals surface area contributed by atoms with Crippen LogP contribution < -0.4 is 5.73 Å². The maximum Gasteiger partial charge on any atom is 0.183 e. The van der Waals surface area contributed by atoms with Crippen molar-refractivity contribution in [1.29, 1.82) is 0 Å². The second-order valence-electron chi connectivity index (χ2n) is 6.39. The average molecular weight is 309 g/mol. The van der Waals surface area contributed by atoms with Gasteiger partial charge in [0.1, 0.15) is 0 Å². The lowest BCUT2D eigenvalue weighted by Crippen LogP contribution is -2.42. The molecule has 0 amide bonds. The van der Waals surface area contributed by atoms with Crippen LogP contribution in [0.3, 0.4) is 0 Å². The summed E-state index contributed by atoms with van der Waals surface area (Å²) in [6.07, 6.45) is 5.43. The van der Waals surface area contributed by atoms with Crippen molar-refractivity contribution < 1.29 is 13.2 Å². The molecule has 5 heteroatoms. The first-order valence-electron chi connectivity index (χ1n) is 7.68. The summed E-state index contributed by atoms with van der Waals surface area (Å²) in [6, 6.07) is 5.24. The van der Waals surface area contributed by atoms with Crippen LogP contribution in [-0.2, 0) is 14.6 Å². The SMILES string of the molecule is Cc1cccc(S(=O)(=O)C2CCOC3(CCCC3)C2)c1N. The van der Waals surface area contributed by atoms with Gasteiger partial charge in [-0.25, -0.2) is 8.42 Å². The maximum absolute atomic E-state index is 13.0. The molecule has 2 aliphatic rings. The van der Waals surface area contributed by atoms with Gasteiger partial charge < -0.3 is 10.5 Å². The van der Waals surface area contributed by atoms with Crippen molar-refractivity contribution in [2.45, 2.75) is 61.2 Å². The van der Waals surface area contributed by atoms with Crippen molar-refractivity contribution in [3.05, 3.63) is 23.8 Å². The van der Waals surface area contributed by atoms with E-state index in [9.17, 15) is 8.42 Å². The highest BCUT2D eigenvalue weighted by atomic mass is 32.2. The lowest BCUT2D eigenvalue weighted by atomic mass is 9.92. The summed E-state index contributed by atoms with van der Waals surface area (Å²) in [4.78, 5) is 0.294. The molecular weight excluding hydrogens is 286 g/mol. The molecule has 2 fully saturated rings. The van der Waals surface area contributed by atoms with Crippen molar-refractivity contribution in [3.8, 4) is 0 Å². The van der Waals surface area contributed by atoms with E-state index in [1.165, 1.54) is 0 Å². The number of hydrogen-bond donors (Lipinski definition) is 1. The van der Waals surface area contributed by atoms with Crippen molar-refractivity contribution in [1.82, 2.24) is 0 Å². The lowest BCUT2D eigenvalue weighted by molar-refractivity contribution is -0.0713. The van der Waals surface area contributed by atoms with Gasteiger partial charge in [-0.2, -0.15) is 0 Å². The molecule has 2 N–H and O–H groups in total. The fraction of sp³-hybridized carbons (Fsp3) is 0.625. The number of para-hydroxylation sites is 1. The molecule has 21 heavy (non-hydrogen) atoms. The van der Waals surface area contributed by atoms with Crippen LogP contribution in [0.15, 0.2) is 23.1 Å². The molecule has 1 aliphatic carbocycles. The number of benzene rings is 1. The predicted octanol–water partition coefficient (Wildman–Crippen LogP) is 2.84. The van der Waals surface area contributed by atoms with E-state index < -0.39 is 9.84 Å². The minimum atomic E-state index is -3.38. The van der Waals surface area contributed by atoms with Crippen molar-refractivity contribution in [3.63, 3.8) is 0 Å². The van der Waals surface area contributed by atoms with E-state index in [-0.39, 0.29) is 10.9 Å². The standard InChI is InChI=1S/C16H23NO3S/c1-12-5-4-6-14(15(12)17)21(18,19)13-7-10-20-16(11-13)8-2-3-9-16/h4-6,13H,2-3,7-11,17H2,1H3. The third-order valence-electron chi connectivity index (χ3n) is 4.99. The number of hydrogen-bond acceptors (Lipinski definition) is 4. The monoisotopic (exact) mass is 309 g/mol. The molecule has 4 nitrogen and oxygen atoms in total. The molecule has 1 heterocycles. The number of aryl methyl sites for hydroxylation is 1. The molecule has 1 saturated carbocycles. The molecule has 0 bridgehead atoms. The molecule has 0 aromatic heterocycles. The molecule has 3 rings (SSSR count). The molecule has 1 unspecified atom stereocenters.